The van der Waals surface area contributed by atoms with E-state index in [0.717, 1.165) is 4.90 Å². The summed E-state index contributed by atoms with van der Waals surface area (Å²) in [6, 6.07) is 11.6. The van der Waals surface area contributed by atoms with Crippen LogP contribution in [0.5, 0.6) is 5.75 Å². The number of ether oxygens (including phenoxy) is 1. The van der Waals surface area contributed by atoms with Crippen molar-refractivity contribution in [2.45, 2.75) is 12.5 Å². The number of rotatable bonds is 5. The largest absolute Gasteiger partial charge is 0.497 e. The normalized spacial score (nSPS) is 19.0. The van der Waals surface area contributed by atoms with Crippen molar-refractivity contribution in [2.75, 3.05) is 19.0 Å². The lowest BCUT2D eigenvalue weighted by molar-refractivity contribution is -0.133. The fourth-order valence-electron chi connectivity index (χ4n) is 2.86. The van der Waals surface area contributed by atoms with Crippen molar-refractivity contribution in [3.05, 3.63) is 59.9 Å². The van der Waals surface area contributed by atoms with E-state index < -0.39 is 35.7 Å². The minimum absolute atomic E-state index is 0.0209. The van der Waals surface area contributed by atoms with Crippen molar-refractivity contribution >= 4 is 23.5 Å². The van der Waals surface area contributed by atoms with E-state index in [0.29, 0.717) is 11.3 Å². The number of urea groups is 1. The van der Waals surface area contributed by atoms with Crippen molar-refractivity contribution in [2.24, 2.45) is 0 Å². The van der Waals surface area contributed by atoms with E-state index in [2.05, 4.69) is 10.6 Å². The molecule has 1 aliphatic heterocycles. The Balaban J connectivity index is 1.75. The summed E-state index contributed by atoms with van der Waals surface area (Å²) >= 11 is 0. The maximum absolute atomic E-state index is 13.6. The standard InChI is InChI=1S/C19H18FN3O4/c1-19(12-7-9-13(27-2)10-8-12)17(25)23(18(26)22-19)11-16(24)21-15-6-4-3-5-14(15)20/h3-10H,11H2,1-2H3,(H,21,24)(H,22,26). The lowest BCUT2D eigenvalue weighted by Gasteiger charge is -2.22. The van der Waals surface area contributed by atoms with E-state index in [1.165, 1.54) is 25.3 Å². The van der Waals surface area contributed by atoms with Crippen LogP contribution in [0.2, 0.25) is 0 Å². The number of carbonyl (C=O) groups excluding carboxylic acids is 3. The maximum atomic E-state index is 13.6. The second-order valence-electron chi connectivity index (χ2n) is 6.20. The van der Waals surface area contributed by atoms with Gasteiger partial charge in [0.15, 0.2) is 0 Å². The Morgan fingerprint density at radius 1 is 1.19 bits per heavy atom. The molecule has 7 nitrogen and oxygen atoms in total. The van der Waals surface area contributed by atoms with Gasteiger partial charge in [-0.15, -0.1) is 0 Å². The number of carbonyl (C=O) groups is 3. The minimum Gasteiger partial charge on any atom is -0.497 e. The van der Waals surface area contributed by atoms with Crippen LogP contribution in [0.3, 0.4) is 0 Å². The van der Waals surface area contributed by atoms with Crippen molar-refractivity contribution in [1.82, 2.24) is 10.2 Å². The van der Waals surface area contributed by atoms with Gasteiger partial charge in [-0.25, -0.2) is 9.18 Å². The molecule has 1 atom stereocenters. The number of anilines is 1. The second-order valence-corrected chi connectivity index (χ2v) is 6.20. The third-order valence-electron chi connectivity index (χ3n) is 4.39. The fourth-order valence-corrected chi connectivity index (χ4v) is 2.86. The molecule has 0 radical (unpaired) electrons. The number of nitrogens with zero attached hydrogens (tertiary/aromatic N) is 1. The molecular formula is C19H18FN3O4. The molecule has 1 fully saturated rings. The zero-order valence-corrected chi connectivity index (χ0v) is 14.8. The average molecular weight is 371 g/mol. The average Bonchev–Trinajstić information content (AvgIpc) is 2.88. The number of amides is 4. The smallest absolute Gasteiger partial charge is 0.325 e. The molecule has 1 heterocycles. The molecule has 0 bridgehead atoms. The molecule has 2 N–H and O–H groups in total. The zero-order chi connectivity index (χ0) is 19.6. The van der Waals surface area contributed by atoms with Crippen LogP contribution in [0.4, 0.5) is 14.9 Å². The van der Waals surface area contributed by atoms with Crippen LogP contribution in [0.25, 0.3) is 0 Å². The highest BCUT2D eigenvalue weighted by molar-refractivity contribution is 6.10. The monoisotopic (exact) mass is 371 g/mol. The van der Waals surface area contributed by atoms with Crippen molar-refractivity contribution in [3.8, 4) is 5.75 Å². The predicted octanol–water partition coefficient (Wildman–Crippen LogP) is 2.24. The van der Waals surface area contributed by atoms with Gasteiger partial charge in [0.1, 0.15) is 23.7 Å². The van der Waals surface area contributed by atoms with Crippen molar-refractivity contribution < 1.29 is 23.5 Å². The molecule has 4 amide bonds. The SMILES string of the molecule is COc1ccc(C2(C)NC(=O)N(CC(=O)Nc3ccccc3F)C2=O)cc1. The molecule has 3 rings (SSSR count). The van der Waals surface area contributed by atoms with Gasteiger partial charge >= 0.3 is 6.03 Å². The number of nitrogens with one attached hydrogen (secondary N) is 2. The first-order valence-electron chi connectivity index (χ1n) is 8.18. The van der Waals surface area contributed by atoms with E-state index in [1.807, 2.05) is 0 Å². The highest BCUT2D eigenvalue weighted by Crippen LogP contribution is 2.30. The quantitative estimate of drug-likeness (QED) is 0.789. The number of imide groups is 1. The third kappa shape index (κ3) is 3.46. The Bertz CT molecular complexity index is 900. The molecule has 2 aromatic rings. The number of hydrogen-bond donors (Lipinski definition) is 2. The molecule has 0 spiro atoms. The van der Waals surface area contributed by atoms with Gasteiger partial charge < -0.3 is 15.4 Å². The van der Waals surface area contributed by atoms with Gasteiger partial charge in [0, 0.05) is 0 Å². The number of para-hydroxylation sites is 1. The lowest BCUT2D eigenvalue weighted by atomic mass is 9.92. The summed E-state index contributed by atoms with van der Waals surface area (Å²) in [5.74, 6) is -1.24. The fraction of sp³-hybridized carbons (Fsp3) is 0.211. The molecule has 8 heteroatoms. The van der Waals surface area contributed by atoms with Gasteiger partial charge in [0.25, 0.3) is 5.91 Å². The lowest BCUT2D eigenvalue weighted by Crippen LogP contribution is -2.42. The molecule has 1 saturated heterocycles. The first-order valence-corrected chi connectivity index (χ1v) is 8.18. The molecule has 27 heavy (non-hydrogen) atoms. The highest BCUT2D eigenvalue weighted by atomic mass is 19.1. The van der Waals surface area contributed by atoms with Gasteiger partial charge in [0.2, 0.25) is 5.91 Å². The molecule has 0 saturated carbocycles. The first kappa shape index (κ1) is 18.4. The topological polar surface area (TPSA) is 87.7 Å². The van der Waals surface area contributed by atoms with Gasteiger partial charge in [-0.3, -0.25) is 14.5 Å². The summed E-state index contributed by atoms with van der Waals surface area (Å²) in [6.45, 7) is 1.04. The number of halogens is 1. The Hall–Kier alpha value is -3.42. The van der Waals surface area contributed by atoms with Gasteiger partial charge in [-0.1, -0.05) is 24.3 Å². The van der Waals surface area contributed by atoms with Gasteiger partial charge in [-0.05, 0) is 36.8 Å². The number of hydrogen-bond acceptors (Lipinski definition) is 4. The molecule has 1 unspecified atom stereocenters. The van der Waals surface area contributed by atoms with Crippen molar-refractivity contribution in [1.29, 1.82) is 0 Å². The summed E-state index contributed by atoms with van der Waals surface area (Å²) in [7, 11) is 1.52. The van der Waals surface area contributed by atoms with Crippen molar-refractivity contribution in [3.63, 3.8) is 0 Å². The van der Waals surface area contributed by atoms with Crippen LogP contribution in [0.15, 0.2) is 48.5 Å². The minimum atomic E-state index is -1.30. The third-order valence-corrected chi connectivity index (χ3v) is 4.39. The van der Waals surface area contributed by atoms with Crippen LogP contribution in [-0.2, 0) is 15.1 Å². The highest BCUT2D eigenvalue weighted by Gasteiger charge is 2.49. The summed E-state index contributed by atoms with van der Waals surface area (Å²) < 4.78 is 18.7. The second kappa shape index (κ2) is 7.06. The summed E-state index contributed by atoms with van der Waals surface area (Å²) in [6.07, 6.45) is 0. The molecule has 0 aliphatic carbocycles. The Labute approximate surface area is 155 Å². The van der Waals surface area contributed by atoms with Crippen LogP contribution in [0.1, 0.15) is 12.5 Å². The molecule has 2 aromatic carbocycles. The summed E-state index contributed by atoms with van der Waals surface area (Å²) in [5.41, 5.74) is -0.770. The zero-order valence-electron chi connectivity index (χ0n) is 14.8. The molecule has 0 aromatic heterocycles. The number of benzene rings is 2. The van der Waals surface area contributed by atoms with Crippen LogP contribution >= 0.6 is 0 Å². The Kier molecular flexibility index (Phi) is 4.81. The predicted molar refractivity (Wildman–Crippen MR) is 95.6 cm³/mol. The first-order chi connectivity index (χ1) is 12.8. The van der Waals surface area contributed by atoms with Gasteiger partial charge in [-0.2, -0.15) is 0 Å². The van der Waals surface area contributed by atoms with E-state index >= 15 is 0 Å². The summed E-state index contributed by atoms with van der Waals surface area (Å²) in [5, 5.41) is 4.96. The Morgan fingerprint density at radius 3 is 2.48 bits per heavy atom. The van der Waals surface area contributed by atoms with Crippen LogP contribution in [-0.4, -0.2) is 36.4 Å². The molecule has 140 valence electrons. The Morgan fingerprint density at radius 2 is 1.85 bits per heavy atom. The molecule has 1 aliphatic rings. The van der Waals surface area contributed by atoms with E-state index in [-0.39, 0.29) is 5.69 Å². The molecular weight excluding hydrogens is 353 g/mol. The maximum Gasteiger partial charge on any atom is 0.325 e. The van der Waals surface area contributed by atoms with Gasteiger partial charge in [0.05, 0.1) is 12.8 Å². The summed E-state index contributed by atoms with van der Waals surface area (Å²) in [4.78, 5) is 38.1. The van der Waals surface area contributed by atoms with E-state index in [4.69, 9.17) is 4.74 Å². The number of methoxy groups -OCH3 is 1. The van der Waals surface area contributed by atoms with E-state index in [9.17, 15) is 18.8 Å². The van der Waals surface area contributed by atoms with Crippen LogP contribution in [0, 0.1) is 5.82 Å². The van der Waals surface area contributed by atoms with E-state index in [1.54, 1.807) is 37.3 Å². The van der Waals surface area contributed by atoms with Crippen LogP contribution < -0.4 is 15.4 Å².